The number of nitrogens with zero attached hydrogens (tertiary/aromatic N) is 1. The van der Waals surface area contributed by atoms with Crippen LogP contribution in [0.15, 0.2) is 48.5 Å². The van der Waals surface area contributed by atoms with Crippen molar-refractivity contribution < 1.29 is 14.3 Å². The zero-order chi connectivity index (χ0) is 22.3. The molecule has 2 amide bonds. The molecule has 5 heteroatoms. The SMILES string of the molecule is CCOC(C)(C)CCNC(=O)CCC(=O)N1Cc2ccccc2C#Cc2ccccc21. The first-order valence-corrected chi connectivity index (χ1v) is 10.8. The molecule has 0 spiro atoms. The number of rotatable bonds is 8. The van der Waals surface area contributed by atoms with Crippen LogP contribution in [0.5, 0.6) is 0 Å². The van der Waals surface area contributed by atoms with Gasteiger partial charge in [0.05, 0.1) is 17.8 Å². The van der Waals surface area contributed by atoms with Crippen LogP contribution in [0.1, 0.15) is 56.7 Å². The number of nitrogens with one attached hydrogen (secondary N) is 1. The fraction of sp³-hybridized carbons (Fsp3) is 0.385. The summed E-state index contributed by atoms with van der Waals surface area (Å²) in [6, 6.07) is 15.5. The van der Waals surface area contributed by atoms with Crippen molar-refractivity contribution in [2.75, 3.05) is 18.1 Å². The highest BCUT2D eigenvalue weighted by molar-refractivity contribution is 5.96. The summed E-state index contributed by atoms with van der Waals surface area (Å²) in [5.74, 6) is 6.19. The normalized spacial score (nSPS) is 12.5. The molecule has 0 saturated heterocycles. The third kappa shape index (κ3) is 6.19. The second-order valence-corrected chi connectivity index (χ2v) is 8.20. The van der Waals surface area contributed by atoms with Gasteiger partial charge in [-0.25, -0.2) is 0 Å². The summed E-state index contributed by atoms with van der Waals surface area (Å²) in [6.45, 7) is 7.57. The van der Waals surface area contributed by atoms with Crippen LogP contribution >= 0.6 is 0 Å². The van der Waals surface area contributed by atoms with Crippen molar-refractivity contribution in [2.45, 2.75) is 52.2 Å². The molecule has 0 aromatic heterocycles. The lowest BCUT2D eigenvalue weighted by Gasteiger charge is -2.26. The number of para-hydroxylation sites is 1. The molecule has 0 radical (unpaired) electrons. The first kappa shape index (κ1) is 22.6. The van der Waals surface area contributed by atoms with Gasteiger partial charge in [0.2, 0.25) is 11.8 Å². The summed E-state index contributed by atoms with van der Waals surface area (Å²) in [7, 11) is 0. The average molecular weight is 419 g/mol. The summed E-state index contributed by atoms with van der Waals surface area (Å²) in [5, 5.41) is 2.90. The van der Waals surface area contributed by atoms with Crippen molar-refractivity contribution >= 4 is 17.5 Å². The molecule has 162 valence electrons. The Kier molecular flexibility index (Phi) is 7.49. The molecule has 3 rings (SSSR count). The van der Waals surface area contributed by atoms with E-state index < -0.39 is 0 Å². The summed E-state index contributed by atoms with van der Waals surface area (Å²) >= 11 is 0. The number of hydrogen-bond donors (Lipinski definition) is 1. The van der Waals surface area contributed by atoms with E-state index in [1.54, 1.807) is 4.90 Å². The highest BCUT2D eigenvalue weighted by atomic mass is 16.5. The molecule has 31 heavy (non-hydrogen) atoms. The fourth-order valence-corrected chi connectivity index (χ4v) is 3.62. The van der Waals surface area contributed by atoms with E-state index in [1.165, 1.54) is 0 Å². The smallest absolute Gasteiger partial charge is 0.227 e. The van der Waals surface area contributed by atoms with E-state index in [0.717, 1.165) is 28.8 Å². The van der Waals surface area contributed by atoms with Crippen LogP contribution in [-0.4, -0.2) is 30.6 Å². The highest BCUT2D eigenvalue weighted by Gasteiger charge is 2.22. The number of amides is 2. The van der Waals surface area contributed by atoms with Gasteiger partial charge in [0.15, 0.2) is 0 Å². The van der Waals surface area contributed by atoms with Crippen molar-refractivity contribution in [1.29, 1.82) is 0 Å². The summed E-state index contributed by atoms with van der Waals surface area (Å²) in [5.41, 5.74) is 3.24. The lowest BCUT2D eigenvalue weighted by molar-refractivity contribution is -0.125. The minimum Gasteiger partial charge on any atom is -0.376 e. The maximum absolute atomic E-state index is 13.1. The summed E-state index contributed by atoms with van der Waals surface area (Å²) in [6.07, 6.45) is 1.01. The van der Waals surface area contributed by atoms with Crippen LogP contribution < -0.4 is 10.2 Å². The number of hydrogen-bond acceptors (Lipinski definition) is 3. The van der Waals surface area contributed by atoms with Crippen molar-refractivity contribution in [3.8, 4) is 11.8 Å². The lowest BCUT2D eigenvalue weighted by atomic mass is 10.0. The van der Waals surface area contributed by atoms with Gasteiger partial charge < -0.3 is 15.0 Å². The predicted molar refractivity (Wildman–Crippen MR) is 123 cm³/mol. The van der Waals surface area contributed by atoms with Gasteiger partial charge in [0.1, 0.15) is 0 Å². The number of fused-ring (bicyclic) bond motifs is 2. The van der Waals surface area contributed by atoms with E-state index in [-0.39, 0.29) is 30.3 Å². The van der Waals surface area contributed by atoms with E-state index in [1.807, 2.05) is 69.3 Å². The quantitative estimate of drug-likeness (QED) is 0.659. The predicted octanol–water partition coefficient (Wildman–Crippen LogP) is 4.03. The summed E-state index contributed by atoms with van der Waals surface area (Å²) < 4.78 is 5.65. The third-order valence-electron chi connectivity index (χ3n) is 5.32. The molecule has 1 N–H and O–H groups in total. The Hall–Kier alpha value is -3.10. The molecule has 2 aromatic carbocycles. The molecule has 0 atom stereocenters. The fourth-order valence-electron chi connectivity index (χ4n) is 3.62. The van der Waals surface area contributed by atoms with Crippen molar-refractivity contribution in [3.05, 3.63) is 65.2 Å². The largest absolute Gasteiger partial charge is 0.376 e. The molecule has 0 aliphatic carbocycles. The maximum Gasteiger partial charge on any atom is 0.227 e. The van der Waals surface area contributed by atoms with E-state index in [2.05, 4.69) is 17.2 Å². The Morgan fingerprint density at radius 2 is 1.71 bits per heavy atom. The second-order valence-electron chi connectivity index (χ2n) is 8.20. The molecule has 1 aliphatic rings. The van der Waals surface area contributed by atoms with Gasteiger partial charge in [-0.05, 0) is 51.0 Å². The van der Waals surface area contributed by atoms with Gasteiger partial charge in [0, 0.05) is 37.1 Å². The Morgan fingerprint density at radius 1 is 1.03 bits per heavy atom. The number of carbonyl (C=O) groups is 2. The monoisotopic (exact) mass is 418 g/mol. The van der Waals surface area contributed by atoms with Crippen molar-refractivity contribution in [1.82, 2.24) is 5.32 Å². The van der Waals surface area contributed by atoms with E-state index in [4.69, 9.17) is 4.74 Å². The molecule has 0 fully saturated rings. The van der Waals surface area contributed by atoms with Crippen LogP contribution in [-0.2, 0) is 20.9 Å². The first-order valence-electron chi connectivity index (χ1n) is 10.8. The van der Waals surface area contributed by atoms with Crippen LogP contribution in [0.25, 0.3) is 0 Å². The molecule has 0 bridgehead atoms. The van der Waals surface area contributed by atoms with Crippen LogP contribution in [0.2, 0.25) is 0 Å². The zero-order valence-corrected chi connectivity index (χ0v) is 18.5. The van der Waals surface area contributed by atoms with Crippen LogP contribution in [0.4, 0.5) is 5.69 Å². The van der Waals surface area contributed by atoms with Gasteiger partial charge in [-0.3, -0.25) is 9.59 Å². The number of benzene rings is 2. The van der Waals surface area contributed by atoms with Gasteiger partial charge in [0.25, 0.3) is 0 Å². The van der Waals surface area contributed by atoms with E-state index in [0.29, 0.717) is 19.7 Å². The zero-order valence-electron chi connectivity index (χ0n) is 18.5. The summed E-state index contributed by atoms with van der Waals surface area (Å²) in [4.78, 5) is 27.2. The molecular formula is C26H30N2O3. The molecule has 1 aliphatic heterocycles. The Bertz CT molecular complexity index is 1000. The Balaban J connectivity index is 1.65. The molecule has 1 heterocycles. The minimum atomic E-state index is -0.277. The highest BCUT2D eigenvalue weighted by Crippen LogP contribution is 2.26. The van der Waals surface area contributed by atoms with Gasteiger partial charge in [-0.2, -0.15) is 0 Å². The van der Waals surface area contributed by atoms with Gasteiger partial charge in [-0.15, -0.1) is 0 Å². The Morgan fingerprint density at radius 3 is 2.48 bits per heavy atom. The lowest BCUT2D eigenvalue weighted by Crippen LogP contribution is -2.35. The number of anilines is 1. The van der Waals surface area contributed by atoms with Gasteiger partial charge >= 0.3 is 0 Å². The average Bonchev–Trinajstić information content (AvgIpc) is 2.73. The maximum atomic E-state index is 13.1. The number of carbonyl (C=O) groups excluding carboxylic acids is 2. The molecule has 2 aromatic rings. The molecular weight excluding hydrogens is 388 g/mol. The van der Waals surface area contributed by atoms with Crippen molar-refractivity contribution in [3.63, 3.8) is 0 Å². The topological polar surface area (TPSA) is 58.6 Å². The first-order chi connectivity index (χ1) is 14.9. The van der Waals surface area contributed by atoms with E-state index in [9.17, 15) is 9.59 Å². The molecule has 5 nitrogen and oxygen atoms in total. The van der Waals surface area contributed by atoms with Crippen molar-refractivity contribution in [2.24, 2.45) is 0 Å². The minimum absolute atomic E-state index is 0.0873. The van der Waals surface area contributed by atoms with Crippen LogP contribution in [0, 0.1) is 11.8 Å². The van der Waals surface area contributed by atoms with Crippen LogP contribution in [0.3, 0.4) is 0 Å². The third-order valence-corrected chi connectivity index (χ3v) is 5.32. The van der Waals surface area contributed by atoms with E-state index >= 15 is 0 Å². The molecule has 0 saturated carbocycles. The Labute approximate surface area is 184 Å². The number of ether oxygens (including phenoxy) is 1. The second kappa shape index (κ2) is 10.3. The molecule has 0 unspecified atom stereocenters. The van der Waals surface area contributed by atoms with Gasteiger partial charge in [-0.1, -0.05) is 42.2 Å². The standard InChI is InChI=1S/C26H30N2O3/c1-4-31-26(2,3)17-18-27-24(29)15-16-25(30)28-19-22-11-6-5-9-20(22)13-14-21-10-7-8-12-23(21)28/h5-12H,4,15-19H2,1-3H3,(H,27,29).